The number of aliphatic carboxylic acids is 4. The summed E-state index contributed by atoms with van der Waals surface area (Å²) in [6, 6.07) is 0. The number of thiol groups is 1. The molecule has 2 atom stereocenters. The smallest absolute Gasteiger partial charge is 0.331 e. The lowest BCUT2D eigenvalue weighted by Gasteiger charge is -2.31. The van der Waals surface area contributed by atoms with Gasteiger partial charge in [0.15, 0.2) is 0 Å². The number of carboxylic acids is 4. The molecule has 220 valence electrons. The van der Waals surface area contributed by atoms with Crippen molar-refractivity contribution in [2.45, 2.75) is 16.7 Å². The van der Waals surface area contributed by atoms with Crippen molar-refractivity contribution in [2.24, 2.45) is 0 Å². The summed E-state index contributed by atoms with van der Waals surface area (Å²) in [4.78, 5) is 63.6. The predicted molar refractivity (Wildman–Crippen MR) is 139 cm³/mol. The van der Waals surface area contributed by atoms with Gasteiger partial charge in [0.05, 0.1) is 19.6 Å². The van der Waals surface area contributed by atoms with Gasteiger partial charge in [0, 0.05) is 76.5 Å². The highest BCUT2D eigenvalue weighted by Crippen LogP contribution is 2.34. The molecule has 0 saturated carbocycles. The van der Waals surface area contributed by atoms with Crippen LogP contribution in [0.5, 0.6) is 0 Å². The molecule has 0 radical (unpaired) electrons. The van der Waals surface area contributed by atoms with Gasteiger partial charge in [-0.2, -0.15) is 0 Å². The average Bonchev–Trinajstić information content (AvgIpc) is 3.45. The van der Waals surface area contributed by atoms with E-state index in [-0.39, 0.29) is 90.9 Å². The fraction of sp³-hybridized carbons (Fsp3) is 0.682. The van der Waals surface area contributed by atoms with Gasteiger partial charge in [0.2, 0.25) is 11.2 Å². The molecular weight excluding hydrogens is 540 g/mol. The van der Waals surface area contributed by atoms with Gasteiger partial charge in [-0.25, -0.2) is 5.32 Å². The Bertz CT molecular complexity index is 924. The molecule has 16 nitrogen and oxygen atoms in total. The molecule has 17 heteroatoms. The minimum absolute atomic E-state index is 0.104. The van der Waals surface area contributed by atoms with E-state index in [1.54, 1.807) is 20.9 Å². The van der Waals surface area contributed by atoms with E-state index in [1.807, 2.05) is 0 Å². The van der Waals surface area contributed by atoms with Crippen LogP contribution in [0.2, 0.25) is 0 Å². The van der Waals surface area contributed by atoms with Crippen molar-refractivity contribution in [3.05, 3.63) is 12.4 Å². The van der Waals surface area contributed by atoms with E-state index in [0.29, 0.717) is 11.8 Å². The maximum atomic E-state index is 12.6. The fourth-order valence-electron chi connectivity index (χ4n) is 3.93. The second-order valence-corrected chi connectivity index (χ2v) is 10.8. The summed E-state index contributed by atoms with van der Waals surface area (Å²) in [7, 11) is 0. The molecule has 0 aliphatic carbocycles. The van der Waals surface area contributed by atoms with E-state index in [0.717, 1.165) is 0 Å². The van der Waals surface area contributed by atoms with Crippen LogP contribution in [0.25, 0.3) is 0 Å². The molecule has 2 aliphatic heterocycles. The lowest BCUT2D eigenvalue weighted by molar-refractivity contribution is -0.140. The first-order valence-electron chi connectivity index (χ1n) is 12.3. The molecule has 0 bridgehead atoms. The first kappa shape index (κ1) is 32.1. The van der Waals surface area contributed by atoms with Crippen LogP contribution in [0.3, 0.4) is 0 Å². The van der Waals surface area contributed by atoms with Gasteiger partial charge in [-0.05, 0) is 0 Å². The quantitative estimate of drug-likeness (QED) is 0.0343. The number of carboxylic acid groups (broad SMARTS) is 4. The van der Waals surface area contributed by atoms with Crippen molar-refractivity contribution in [1.29, 1.82) is 0 Å². The zero-order valence-electron chi connectivity index (χ0n) is 21.4. The van der Waals surface area contributed by atoms with Crippen LogP contribution in [0.4, 0.5) is 0 Å². The van der Waals surface area contributed by atoms with Gasteiger partial charge in [0.1, 0.15) is 13.0 Å². The molecule has 1 fully saturated rings. The molecule has 0 aromatic carbocycles. The number of carbonyl (C=O) groups is 5. The van der Waals surface area contributed by atoms with Crippen molar-refractivity contribution in [2.75, 3.05) is 78.5 Å². The first-order valence-corrected chi connectivity index (χ1v) is 13.3. The number of amides is 1. The highest BCUT2D eigenvalue weighted by molar-refractivity contribution is 7.88. The van der Waals surface area contributed by atoms with Gasteiger partial charge in [-0.15, -0.1) is 0 Å². The maximum Gasteiger partial charge on any atom is 0.331 e. The lowest BCUT2D eigenvalue weighted by Crippen LogP contribution is -2.46. The topological polar surface area (TPSA) is 224 Å². The molecule has 1 unspecified atom stereocenters. The van der Waals surface area contributed by atoms with Crippen LogP contribution in [-0.2, 0) is 35.7 Å². The minimum atomic E-state index is -1.27. The molecule has 2 rings (SSSR count). The number of nitrogens with one attached hydrogen (secondary N) is 2. The SMILES string of the molecule is O=C(O)CC1[SH+][C@]1(O)NCCNC(=O)CN1/C=C\N(CC(=O)O)CCN(CC(=O)O)CCN(CC(=O)O)CC1. The highest BCUT2D eigenvalue weighted by atomic mass is 32.2. The van der Waals surface area contributed by atoms with Crippen LogP contribution < -0.4 is 10.6 Å². The second kappa shape index (κ2) is 15.5. The number of nitrogens with zero attached hydrogens (tertiary/aromatic N) is 4. The van der Waals surface area contributed by atoms with Gasteiger partial charge in [-0.1, -0.05) is 0 Å². The molecule has 1 amide bonds. The molecule has 39 heavy (non-hydrogen) atoms. The highest BCUT2D eigenvalue weighted by Gasteiger charge is 2.67. The van der Waals surface area contributed by atoms with Crippen LogP contribution in [0.15, 0.2) is 12.4 Å². The third-order valence-electron chi connectivity index (χ3n) is 5.98. The third-order valence-corrected chi connectivity index (χ3v) is 7.43. The number of hydrogen-bond donors (Lipinski definition) is 7. The Morgan fingerprint density at radius 3 is 1.69 bits per heavy atom. The Kier molecular flexibility index (Phi) is 12.7. The van der Waals surface area contributed by atoms with Crippen molar-refractivity contribution in [1.82, 2.24) is 30.2 Å². The van der Waals surface area contributed by atoms with Crippen LogP contribution in [-0.4, -0.2) is 164 Å². The fourth-order valence-corrected chi connectivity index (χ4v) is 4.96. The van der Waals surface area contributed by atoms with Crippen molar-refractivity contribution in [3.8, 4) is 0 Å². The van der Waals surface area contributed by atoms with Crippen LogP contribution in [0.1, 0.15) is 6.42 Å². The predicted octanol–water partition coefficient (Wildman–Crippen LogP) is -4.04. The molecule has 0 spiro atoms. The van der Waals surface area contributed by atoms with Gasteiger partial charge >= 0.3 is 28.9 Å². The van der Waals surface area contributed by atoms with Gasteiger partial charge in [-0.3, -0.25) is 33.8 Å². The average molecular weight is 578 g/mol. The first-order chi connectivity index (χ1) is 18.4. The molecular formula is C22H37N6O10S+. The van der Waals surface area contributed by atoms with Crippen molar-refractivity contribution < 1.29 is 49.5 Å². The van der Waals surface area contributed by atoms with Crippen LogP contribution in [0, 0.1) is 0 Å². The number of aliphatic hydroxyl groups is 1. The number of rotatable bonds is 14. The summed E-state index contributed by atoms with van der Waals surface area (Å²) < 4.78 is 0. The molecule has 2 heterocycles. The maximum absolute atomic E-state index is 12.6. The largest absolute Gasteiger partial charge is 0.481 e. The van der Waals surface area contributed by atoms with E-state index in [2.05, 4.69) is 10.6 Å². The van der Waals surface area contributed by atoms with E-state index < -0.39 is 34.2 Å². The summed E-state index contributed by atoms with van der Waals surface area (Å²) in [6.07, 6.45) is 2.90. The number of hydrogen-bond acceptors (Lipinski definition) is 11. The second-order valence-electron chi connectivity index (χ2n) is 9.22. The summed E-state index contributed by atoms with van der Waals surface area (Å²) in [5.74, 6) is -4.54. The summed E-state index contributed by atoms with van der Waals surface area (Å²) in [5, 5.41) is 50.6. The number of carbonyl (C=O) groups excluding carboxylic acids is 1. The lowest BCUT2D eigenvalue weighted by atomic mass is 10.3. The Morgan fingerprint density at radius 2 is 1.21 bits per heavy atom. The van der Waals surface area contributed by atoms with E-state index in [9.17, 15) is 44.4 Å². The minimum Gasteiger partial charge on any atom is -0.481 e. The zero-order valence-corrected chi connectivity index (χ0v) is 22.3. The Hall–Kier alpha value is -3.12. The Labute approximate surface area is 229 Å². The monoisotopic (exact) mass is 577 g/mol. The van der Waals surface area contributed by atoms with E-state index in [4.69, 9.17) is 5.11 Å². The van der Waals surface area contributed by atoms with Crippen molar-refractivity contribution in [3.63, 3.8) is 0 Å². The normalized spacial score (nSPS) is 23.8. The summed E-state index contributed by atoms with van der Waals surface area (Å²) in [5.41, 5.74) is 0. The Balaban J connectivity index is 1.99. The molecule has 0 aromatic heterocycles. The summed E-state index contributed by atoms with van der Waals surface area (Å²) >= 11 is 0.575. The third kappa shape index (κ3) is 13.0. The van der Waals surface area contributed by atoms with E-state index >= 15 is 0 Å². The standard InChI is InChI=1S/C22H36N6O10S/c29-17(23-1-2-24-22(38)16(39-22)11-18(30)31)12-25-3-5-26(13-19(32)33)7-9-28(15-21(36)37)10-8-27(6-4-25)14-20(34)35/h3,5,16,24,38H,1-2,4,6-15H2,(H,23,29)(H,30,31)(H,32,33)(H,34,35)(H,36,37)/p+1/b5-3-/t16?,22-/m0/s1. The molecule has 1 saturated heterocycles. The van der Waals surface area contributed by atoms with E-state index in [1.165, 1.54) is 11.1 Å². The van der Waals surface area contributed by atoms with Gasteiger partial charge < -0.3 is 40.6 Å². The van der Waals surface area contributed by atoms with Crippen LogP contribution >= 0.6 is 0 Å². The molecule has 0 aromatic rings. The van der Waals surface area contributed by atoms with Gasteiger partial charge in [0.25, 0.3) is 0 Å². The molecule has 7 N–H and O–H groups in total. The van der Waals surface area contributed by atoms with Crippen molar-refractivity contribution >= 4 is 41.5 Å². The Morgan fingerprint density at radius 1 is 0.718 bits per heavy atom. The summed E-state index contributed by atoms with van der Waals surface area (Å²) in [6.45, 7) is 0.853. The zero-order chi connectivity index (χ0) is 29.0. The molecule has 2 aliphatic rings.